The predicted molar refractivity (Wildman–Crippen MR) is 125 cm³/mol. The van der Waals surface area contributed by atoms with Gasteiger partial charge >= 0.3 is 23.9 Å². The minimum Gasteiger partial charge on any atom is -0.478 e. The highest BCUT2D eigenvalue weighted by Gasteiger charge is 2.31. The van der Waals surface area contributed by atoms with Crippen molar-refractivity contribution >= 4 is 46.7 Å². The van der Waals surface area contributed by atoms with E-state index in [-0.39, 0.29) is 67.9 Å². The van der Waals surface area contributed by atoms with E-state index in [2.05, 4.69) is 20.0 Å². The molecule has 0 unspecified atom stereocenters. The number of rotatable bonds is 4. The maximum absolute atomic E-state index is 12.1. The Balaban J connectivity index is 1.88. The molecule has 0 aliphatic carbocycles. The molecule has 0 aromatic rings. The summed E-state index contributed by atoms with van der Waals surface area (Å²) in [6.45, 7) is 0. The molecule has 0 saturated carbocycles. The number of carbonyl (C=O) groups is 4. The lowest BCUT2D eigenvalue weighted by Crippen LogP contribution is -2.14. The summed E-state index contributed by atoms with van der Waals surface area (Å²) in [5.74, 6) is -5.66. The van der Waals surface area contributed by atoms with E-state index >= 15 is 0 Å². The zero-order chi connectivity index (χ0) is 25.7. The third kappa shape index (κ3) is 3.49. The fourth-order valence-electron chi connectivity index (χ4n) is 3.96. The fourth-order valence-corrected chi connectivity index (χ4v) is 3.96. The lowest BCUT2D eigenvalue weighted by atomic mass is 10.1. The second-order valence-corrected chi connectivity index (χ2v) is 7.58. The molecule has 0 aromatic heterocycles. The number of aliphatic carboxylic acids is 4. The molecule has 12 heteroatoms. The zero-order valence-electron chi connectivity index (χ0n) is 17.8. The Bertz CT molecular complexity index is 1370. The molecule has 8 bridgehead atoms. The van der Waals surface area contributed by atoms with E-state index in [1.165, 1.54) is 48.6 Å². The van der Waals surface area contributed by atoms with Crippen molar-refractivity contribution in [3.63, 3.8) is 0 Å². The third-order valence-corrected chi connectivity index (χ3v) is 5.46. The lowest BCUT2D eigenvalue weighted by molar-refractivity contribution is -0.133. The standard InChI is InChI=1S/C24H12N4O8/c29-21(30)17-9-1-2-10(25-9)18(22(31)32)12-5-6-14(27-12)20(24(35)36)16-8-7-15(28-16)19(23(33)34)13-4-3-11(17)26-13/h1-8H,(H,29,30)(H,31,32)(H,33,34)(H,35,36). The number of carboxylic acids is 4. The molecule has 5 aliphatic heterocycles. The highest BCUT2D eigenvalue weighted by Crippen LogP contribution is 2.30. The number of nitrogens with zero attached hydrogens (tertiary/aromatic N) is 4. The molecule has 0 saturated heterocycles. The first-order valence-corrected chi connectivity index (χ1v) is 10.1. The molecule has 0 spiro atoms. The highest BCUT2D eigenvalue weighted by molar-refractivity contribution is 6.33. The average Bonchev–Trinajstić information content (AvgIpc) is 3.57. The number of carboxylic acid groups (broad SMARTS) is 4. The van der Waals surface area contributed by atoms with Crippen LogP contribution < -0.4 is 0 Å². The van der Waals surface area contributed by atoms with Crippen LogP contribution in [0.4, 0.5) is 0 Å². The van der Waals surface area contributed by atoms with E-state index < -0.39 is 23.9 Å². The summed E-state index contributed by atoms with van der Waals surface area (Å²) in [6, 6.07) is 0. The first-order chi connectivity index (χ1) is 17.2. The summed E-state index contributed by atoms with van der Waals surface area (Å²) in [7, 11) is 0. The van der Waals surface area contributed by atoms with Crippen LogP contribution in [0.2, 0.25) is 0 Å². The minimum absolute atomic E-state index is 0.108. The average molecular weight is 484 g/mol. The van der Waals surface area contributed by atoms with Gasteiger partial charge in [0.1, 0.15) is 22.3 Å². The van der Waals surface area contributed by atoms with Crippen molar-refractivity contribution in [1.82, 2.24) is 0 Å². The summed E-state index contributed by atoms with van der Waals surface area (Å²) < 4.78 is 0. The maximum atomic E-state index is 12.1. The summed E-state index contributed by atoms with van der Waals surface area (Å²) >= 11 is 0. The minimum atomic E-state index is -1.41. The first kappa shape index (κ1) is 22.3. The molecule has 0 radical (unpaired) electrons. The first-order valence-electron chi connectivity index (χ1n) is 10.1. The maximum Gasteiger partial charge on any atom is 0.340 e. The van der Waals surface area contributed by atoms with E-state index in [4.69, 9.17) is 0 Å². The van der Waals surface area contributed by atoms with Crippen molar-refractivity contribution in [3.05, 3.63) is 93.7 Å². The van der Waals surface area contributed by atoms with Gasteiger partial charge in [0.25, 0.3) is 0 Å². The van der Waals surface area contributed by atoms with Gasteiger partial charge in [-0.2, -0.15) is 0 Å². The normalized spacial score (nSPS) is 19.8. The lowest BCUT2D eigenvalue weighted by Gasteiger charge is -2.06. The van der Waals surface area contributed by atoms with Crippen molar-refractivity contribution < 1.29 is 39.6 Å². The summed E-state index contributed by atoms with van der Waals surface area (Å²) in [6.07, 6.45) is 10.3. The fraction of sp³-hybridized carbons (Fsp3) is 0. The van der Waals surface area contributed by atoms with Crippen LogP contribution >= 0.6 is 0 Å². The largest absolute Gasteiger partial charge is 0.478 e. The van der Waals surface area contributed by atoms with Crippen LogP contribution in [0.1, 0.15) is 0 Å². The third-order valence-electron chi connectivity index (χ3n) is 5.46. The molecule has 5 rings (SSSR count). The molecule has 0 aromatic carbocycles. The van der Waals surface area contributed by atoms with Crippen LogP contribution in [0.15, 0.2) is 114 Å². The topological polar surface area (TPSA) is 199 Å². The van der Waals surface area contributed by atoms with Crippen molar-refractivity contribution in [3.8, 4) is 0 Å². The zero-order valence-corrected chi connectivity index (χ0v) is 17.8. The molecule has 0 atom stereocenters. The van der Waals surface area contributed by atoms with E-state index in [1.807, 2.05) is 0 Å². The van der Waals surface area contributed by atoms with Crippen molar-refractivity contribution in [2.75, 3.05) is 0 Å². The Labute approximate surface area is 200 Å². The molecule has 36 heavy (non-hydrogen) atoms. The summed E-state index contributed by atoms with van der Waals surface area (Å²) in [5.41, 5.74) is -2.35. The van der Waals surface area contributed by atoms with E-state index in [1.54, 1.807) is 0 Å². The Kier molecular flexibility index (Phi) is 4.99. The highest BCUT2D eigenvalue weighted by atomic mass is 16.4. The predicted octanol–water partition coefficient (Wildman–Crippen LogP) is 1.40. The number of aliphatic imine (C=N–C) groups is 4. The number of fused-ring (bicyclic) bond motifs is 4. The number of hydrogen-bond donors (Lipinski definition) is 4. The Morgan fingerprint density at radius 1 is 0.389 bits per heavy atom. The Morgan fingerprint density at radius 2 is 0.583 bits per heavy atom. The van der Waals surface area contributed by atoms with E-state index in [9.17, 15) is 39.6 Å². The Hall–Kier alpha value is -5.52. The van der Waals surface area contributed by atoms with E-state index in [0.717, 1.165) is 0 Å². The van der Waals surface area contributed by atoms with Crippen molar-refractivity contribution in [1.29, 1.82) is 0 Å². The molecular formula is C24H12N4O8. The SMILES string of the molecule is O=C(O)C1=C2C=CC(=N2)C(C(=O)O)=C2C=CC(=N2)C(C(=O)O)=C2C=CC(=N2)C(C(=O)O)=C2C=CC1=N2. The van der Waals surface area contributed by atoms with Gasteiger partial charge in [0.15, 0.2) is 0 Å². The van der Waals surface area contributed by atoms with Crippen molar-refractivity contribution in [2.24, 2.45) is 20.0 Å². The van der Waals surface area contributed by atoms with Crippen LogP contribution in [0.25, 0.3) is 0 Å². The molecule has 4 N–H and O–H groups in total. The number of allylic oxidation sites excluding steroid dienone is 8. The van der Waals surface area contributed by atoms with Gasteiger partial charge in [0.2, 0.25) is 0 Å². The van der Waals surface area contributed by atoms with Gasteiger partial charge < -0.3 is 20.4 Å². The van der Waals surface area contributed by atoms with Gasteiger partial charge in [0.05, 0.1) is 45.6 Å². The molecule has 0 fully saturated rings. The van der Waals surface area contributed by atoms with Crippen molar-refractivity contribution in [2.45, 2.75) is 0 Å². The monoisotopic (exact) mass is 484 g/mol. The molecule has 12 nitrogen and oxygen atoms in total. The van der Waals surface area contributed by atoms with Gasteiger partial charge in [-0.05, 0) is 48.6 Å². The molecule has 176 valence electrons. The van der Waals surface area contributed by atoms with Crippen LogP contribution in [0.3, 0.4) is 0 Å². The van der Waals surface area contributed by atoms with Gasteiger partial charge in [-0.1, -0.05) is 0 Å². The molecular weight excluding hydrogens is 472 g/mol. The summed E-state index contributed by atoms with van der Waals surface area (Å²) in [5, 5.41) is 39.4. The van der Waals surface area contributed by atoms with Crippen LogP contribution in [-0.4, -0.2) is 67.2 Å². The molecule has 0 amide bonds. The van der Waals surface area contributed by atoms with E-state index in [0.29, 0.717) is 0 Å². The quantitative estimate of drug-likeness (QED) is 0.459. The van der Waals surface area contributed by atoms with Crippen LogP contribution in [0, 0.1) is 0 Å². The molecule has 5 aliphatic rings. The number of hydrogen-bond acceptors (Lipinski definition) is 8. The summed E-state index contributed by atoms with van der Waals surface area (Å²) in [4.78, 5) is 65.0. The Morgan fingerprint density at radius 3 is 0.750 bits per heavy atom. The second-order valence-electron chi connectivity index (χ2n) is 7.58. The smallest absolute Gasteiger partial charge is 0.340 e. The molecule has 5 heterocycles. The second kappa shape index (κ2) is 8.06. The van der Waals surface area contributed by atoms with Gasteiger partial charge in [-0.15, -0.1) is 0 Å². The van der Waals surface area contributed by atoms with Gasteiger partial charge in [-0.3, -0.25) is 0 Å². The van der Waals surface area contributed by atoms with Crippen LogP contribution in [-0.2, 0) is 19.2 Å². The van der Waals surface area contributed by atoms with Crippen LogP contribution in [0.5, 0.6) is 0 Å². The van der Waals surface area contributed by atoms with Gasteiger partial charge in [0, 0.05) is 0 Å². The van der Waals surface area contributed by atoms with Gasteiger partial charge in [-0.25, -0.2) is 39.1 Å².